The Morgan fingerprint density at radius 2 is 1.85 bits per heavy atom. The molecule has 2 aliphatic heterocycles. The number of nitrogens with one attached hydrogen (secondary N) is 2. The second kappa shape index (κ2) is 12.0. The number of morpholine rings is 1. The standard InChI is InChI=1S/C31H40N4O5/c1-31(2,3)40-30(37)22-7-5-21(6-8-22)20-35-26-10-9-23(39-16-13-34-11-14-38-15-12-34)17-24(26)28-25(29(36)32-4)18-33-19-27(28)35/h5-10,17,25,33H,11-16,18-20H2,1-4H3,(H,32,36). The van der Waals surface area contributed by atoms with Crippen molar-refractivity contribution in [2.24, 2.45) is 0 Å². The van der Waals surface area contributed by atoms with Crippen LogP contribution in [0.2, 0.25) is 0 Å². The summed E-state index contributed by atoms with van der Waals surface area (Å²) in [7, 11) is 1.68. The molecule has 1 amide bonds. The van der Waals surface area contributed by atoms with Gasteiger partial charge in [0, 0.05) is 62.9 Å². The largest absolute Gasteiger partial charge is 0.492 e. The molecule has 9 heteroatoms. The fourth-order valence-corrected chi connectivity index (χ4v) is 5.48. The van der Waals surface area contributed by atoms with Crippen LogP contribution in [0.4, 0.5) is 0 Å². The average molecular weight is 549 g/mol. The lowest BCUT2D eigenvalue weighted by Crippen LogP contribution is -2.38. The Morgan fingerprint density at radius 1 is 1.10 bits per heavy atom. The summed E-state index contributed by atoms with van der Waals surface area (Å²) in [5.74, 6) is 0.168. The van der Waals surface area contributed by atoms with Crippen molar-refractivity contribution in [1.82, 2.24) is 20.1 Å². The molecule has 1 unspecified atom stereocenters. The van der Waals surface area contributed by atoms with E-state index in [1.165, 1.54) is 0 Å². The van der Waals surface area contributed by atoms with Gasteiger partial charge in [-0.25, -0.2) is 4.79 Å². The van der Waals surface area contributed by atoms with Crippen molar-refractivity contribution in [3.05, 3.63) is 64.8 Å². The molecule has 3 aromatic rings. The normalized spacial score (nSPS) is 17.9. The third-order valence-corrected chi connectivity index (χ3v) is 7.45. The van der Waals surface area contributed by atoms with Crippen LogP contribution in [0.1, 0.15) is 53.9 Å². The van der Waals surface area contributed by atoms with E-state index in [2.05, 4.69) is 32.2 Å². The Morgan fingerprint density at radius 3 is 2.55 bits per heavy atom. The number of hydrogen-bond donors (Lipinski definition) is 2. The van der Waals surface area contributed by atoms with Gasteiger partial charge in [0.2, 0.25) is 5.91 Å². The number of fused-ring (bicyclic) bond motifs is 3. The molecule has 1 atom stereocenters. The van der Waals surface area contributed by atoms with Crippen LogP contribution in [-0.2, 0) is 27.4 Å². The van der Waals surface area contributed by atoms with Crippen LogP contribution in [0, 0.1) is 0 Å². The minimum atomic E-state index is -0.543. The molecule has 0 bridgehead atoms. The van der Waals surface area contributed by atoms with Crippen molar-refractivity contribution in [3.8, 4) is 5.75 Å². The number of amides is 1. The summed E-state index contributed by atoms with van der Waals surface area (Å²) in [6.45, 7) is 12.3. The lowest BCUT2D eigenvalue weighted by atomic mass is 9.92. The number of nitrogens with zero attached hydrogens (tertiary/aromatic N) is 2. The van der Waals surface area contributed by atoms with E-state index in [0.717, 1.165) is 66.3 Å². The van der Waals surface area contributed by atoms with E-state index in [4.69, 9.17) is 14.2 Å². The summed E-state index contributed by atoms with van der Waals surface area (Å²) >= 11 is 0. The third kappa shape index (κ3) is 6.32. The van der Waals surface area contributed by atoms with Crippen molar-refractivity contribution in [1.29, 1.82) is 0 Å². The fraction of sp³-hybridized carbons (Fsp3) is 0.484. The van der Waals surface area contributed by atoms with E-state index >= 15 is 0 Å². The van der Waals surface area contributed by atoms with Gasteiger partial charge in [0.15, 0.2) is 0 Å². The van der Waals surface area contributed by atoms with Gasteiger partial charge in [-0.3, -0.25) is 9.69 Å². The maximum Gasteiger partial charge on any atom is 0.338 e. The van der Waals surface area contributed by atoms with Gasteiger partial charge in [0.05, 0.1) is 24.7 Å². The molecule has 1 saturated heterocycles. The quantitative estimate of drug-likeness (QED) is 0.417. The number of likely N-dealkylation sites (N-methyl/N-ethyl adjacent to an activating group) is 1. The third-order valence-electron chi connectivity index (χ3n) is 7.45. The highest BCUT2D eigenvalue weighted by molar-refractivity contribution is 5.95. The van der Waals surface area contributed by atoms with Crippen LogP contribution >= 0.6 is 0 Å². The van der Waals surface area contributed by atoms with Crippen molar-refractivity contribution < 1.29 is 23.8 Å². The Hall–Kier alpha value is -3.40. The second-order valence-electron chi connectivity index (χ2n) is 11.4. The Balaban J connectivity index is 1.43. The summed E-state index contributed by atoms with van der Waals surface area (Å²) in [6, 6.07) is 13.7. The second-order valence-corrected chi connectivity index (χ2v) is 11.4. The first kappa shape index (κ1) is 28.1. The summed E-state index contributed by atoms with van der Waals surface area (Å²) in [5, 5.41) is 7.31. The molecular formula is C31H40N4O5. The minimum Gasteiger partial charge on any atom is -0.492 e. The molecule has 0 spiro atoms. The smallest absolute Gasteiger partial charge is 0.338 e. The molecule has 40 heavy (non-hydrogen) atoms. The zero-order valence-corrected chi connectivity index (χ0v) is 23.9. The number of aromatic nitrogens is 1. The number of hydrogen-bond acceptors (Lipinski definition) is 7. The number of esters is 1. The van der Waals surface area contributed by atoms with Crippen LogP contribution in [0.15, 0.2) is 42.5 Å². The molecule has 1 fully saturated rings. The summed E-state index contributed by atoms with van der Waals surface area (Å²) in [4.78, 5) is 27.8. The molecule has 3 heterocycles. The number of carbonyl (C=O) groups is 2. The lowest BCUT2D eigenvalue weighted by Gasteiger charge is -2.26. The molecule has 1 aromatic heterocycles. The first-order valence-electron chi connectivity index (χ1n) is 14.1. The Labute approximate surface area is 235 Å². The number of ether oxygens (including phenoxy) is 3. The van der Waals surface area contributed by atoms with Crippen molar-refractivity contribution in [3.63, 3.8) is 0 Å². The van der Waals surface area contributed by atoms with Crippen LogP contribution in [0.5, 0.6) is 5.75 Å². The van der Waals surface area contributed by atoms with E-state index in [0.29, 0.717) is 31.8 Å². The van der Waals surface area contributed by atoms with E-state index < -0.39 is 5.60 Å². The highest BCUT2D eigenvalue weighted by Gasteiger charge is 2.32. The van der Waals surface area contributed by atoms with Gasteiger partial charge in [0.25, 0.3) is 0 Å². The van der Waals surface area contributed by atoms with E-state index in [1.807, 2.05) is 51.1 Å². The van der Waals surface area contributed by atoms with Crippen molar-refractivity contribution in [2.45, 2.75) is 45.4 Å². The molecule has 2 aliphatic rings. The molecule has 2 aromatic carbocycles. The molecule has 0 radical (unpaired) electrons. The zero-order valence-electron chi connectivity index (χ0n) is 23.9. The van der Waals surface area contributed by atoms with Crippen LogP contribution in [-0.4, -0.2) is 80.0 Å². The first-order chi connectivity index (χ1) is 19.2. The molecule has 5 rings (SSSR count). The van der Waals surface area contributed by atoms with Gasteiger partial charge < -0.3 is 29.4 Å². The molecule has 9 nitrogen and oxygen atoms in total. The van der Waals surface area contributed by atoms with Gasteiger partial charge in [-0.1, -0.05) is 12.1 Å². The fourth-order valence-electron chi connectivity index (χ4n) is 5.48. The van der Waals surface area contributed by atoms with Crippen molar-refractivity contribution >= 4 is 22.8 Å². The maximum atomic E-state index is 12.9. The highest BCUT2D eigenvalue weighted by Crippen LogP contribution is 2.37. The van der Waals surface area contributed by atoms with Crippen LogP contribution in [0.25, 0.3) is 10.9 Å². The molecule has 0 aliphatic carbocycles. The number of rotatable bonds is 8. The number of carbonyl (C=O) groups excluding carboxylic acids is 2. The van der Waals surface area contributed by atoms with Gasteiger partial charge in [0.1, 0.15) is 18.0 Å². The van der Waals surface area contributed by atoms with E-state index in [9.17, 15) is 9.59 Å². The predicted octanol–water partition coefficient (Wildman–Crippen LogP) is 3.29. The molecule has 0 saturated carbocycles. The predicted molar refractivity (Wildman–Crippen MR) is 154 cm³/mol. The molecule has 2 N–H and O–H groups in total. The van der Waals surface area contributed by atoms with Crippen LogP contribution in [0.3, 0.4) is 0 Å². The van der Waals surface area contributed by atoms with E-state index in [1.54, 1.807) is 7.05 Å². The molecular weight excluding hydrogens is 508 g/mol. The average Bonchev–Trinajstić information content (AvgIpc) is 3.25. The SMILES string of the molecule is CNC(=O)C1CNCc2c1c1cc(OCCN3CCOCC3)ccc1n2Cc1ccc(C(=O)OC(C)(C)C)cc1. The maximum absolute atomic E-state index is 12.9. The van der Waals surface area contributed by atoms with Crippen molar-refractivity contribution in [2.75, 3.05) is 53.0 Å². The highest BCUT2D eigenvalue weighted by atomic mass is 16.6. The monoisotopic (exact) mass is 548 g/mol. The summed E-state index contributed by atoms with van der Waals surface area (Å²) in [6.07, 6.45) is 0. The minimum absolute atomic E-state index is 0.00662. The van der Waals surface area contributed by atoms with E-state index in [-0.39, 0.29) is 17.8 Å². The van der Waals surface area contributed by atoms with Gasteiger partial charge >= 0.3 is 5.97 Å². The van der Waals surface area contributed by atoms with Gasteiger partial charge in [-0.05, 0) is 62.2 Å². The Kier molecular flexibility index (Phi) is 8.44. The topological polar surface area (TPSA) is 94.1 Å². The lowest BCUT2D eigenvalue weighted by molar-refractivity contribution is -0.122. The summed E-state index contributed by atoms with van der Waals surface area (Å²) < 4.78 is 19.4. The summed E-state index contributed by atoms with van der Waals surface area (Å²) in [5.41, 5.74) is 4.24. The Bertz CT molecular complexity index is 1350. The number of benzene rings is 2. The zero-order chi connectivity index (χ0) is 28.3. The van der Waals surface area contributed by atoms with Gasteiger partial charge in [-0.15, -0.1) is 0 Å². The van der Waals surface area contributed by atoms with Crippen LogP contribution < -0.4 is 15.4 Å². The van der Waals surface area contributed by atoms with Gasteiger partial charge in [-0.2, -0.15) is 0 Å². The molecule has 214 valence electrons. The first-order valence-corrected chi connectivity index (χ1v) is 14.1.